The molecule has 0 atom stereocenters. The molecule has 2 rings (SSSR count). The van der Waals surface area contributed by atoms with E-state index in [2.05, 4.69) is 52.9 Å². The summed E-state index contributed by atoms with van der Waals surface area (Å²) in [6, 6.07) is 10.5. The molecule has 2 aromatic carbocycles. The highest BCUT2D eigenvalue weighted by atomic mass is 35.5. The van der Waals surface area contributed by atoms with Crippen LogP contribution < -0.4 is 5.32 Å². The van der Waals surface area contributed by atoms with E-state index in [1.165, 1.54) is 6.07 Å². The third-order valence-corrected chi connectivity index (χ3v) is 5.18. The fourth-order valence-electron chi connectivity index (χ4n) is 2.60. The second-order valence-electron chi connectivity index (χ2n) is 9.05. The average Bonchev–Trinajstić information content (AvgIpc) is 2.61. The summed E-state index contributed by atoms with van der Waals surface area (Å²) in [5.41, 5.74) is 2.74. The van der Waals surface area contributed by atoms with Gasteiger partial charge in [0.2, 0.25) is 0 Å². The van der Waals surface area contributed by atoms with Crippen molar-refractivity contribution in [1.82, 2.24) is 0 Å². The molecule has 0 aliphatic rings. The summed E-state index contributed by atoms with van der Waals surface area (Å²) in [5.74, 6) is -0.995. The molecule has 0 aliphatic carbocycles. The van der Waals surface area contributed by atoms with Crippen molar-refractivity contribution in [3.63, 3.8) is 0 Å². The van der Waals surface area contributed by atoms with Crippen molar-refractivity contribution >= 4 is 40.8 Å². The Hall–Kier alpha value is -2.04. The standard InChI is InChI=1S/C23H27Cl2NO3/c1-22(2,3)15-9-14(10-16(11-15)23(4,5)6)21(28)29-13-20(27)26-17-7-8-18(24)19(25)12-17/h7-12H,13H2,1-6H3,(H,26,27). The van der Waals surface area contributed by atoms with E-state index in [1.807, 2.05) is 12.1 Å². The minimum Gasteiger partial charge on any atom is -0.452 e. The van der Waals surface area contributed by atoms with Gasteiger partial charge in [0.15, 0.2) is 6.61 Å². The highest BCUT2D eigenvalue weighted by molar-refractivity contribution is 6.42. The molecular formula is C23H27Cl2NO3. The molecular weight excluding hydrogens is 409 g/mol. The van der Waals surface area contributed by atoms with Gasteiger partial charge >= 0.3 is 5.97 Å². The Labute approximate surface area is 182 Å². The van der Waals surface area contributed by atoms with Crippen LogP contribution in [0.2, 0.25) is 10.0 Å². The molecule has 1 N–H and O–H groups in total. The van der Waals surface area contributed by atoms with Crippen molar-refractivity contribution in [3.8, 4) is 0 Å². The molecule has 0 radical (unpaired) electrons. The second-order valence-corrected chi connectivity index (χ2v) is 9.87. The predicted molar refractivity (Wildman–Crippen MR) is 119 cm³/mol. The molecule has 0 bridgehead atoms. The Morgan fingerprint density at radius 3 is 1.90 bits per heavy atom. The summed E-state index contributed by atoms with van der Waals surface area (Å²) in [7, 11) is 0. The van der Waals surface area contributed by atoms with Crippen molar-refractivity contribution in [1.29, 1.82) is 0 Å². The number of rotatable bonds is 4. The van der Waals surface area contributed by atoms with Gasteiger partial charge in [0.1, 0.15) is 0 Å². The number of carbonyl (C=O) groups is 2. The number of esters is 1. The van der Waals surface area contributed by atoms with Crippen LogP contribution >= 0.6 is 23.2 Å². The molecule has 0 fully saturated rings. The van der Waals surface area contributed by atoms with Crippen molar-refractivity contribution in [2.45, 2.75) is 52.4 Å². The fourth-order valence-corrected chi connectivity index (χ4v) is 2.89. The Morgan fingerprint density at radius 2 is 1.41 bits per heavy atom. The third-order valence-electron chi connectivity index (χ3n) is 4.44. The number of anilines is 1. The first-order valence-electron chi connectivity index (χ1n) is 9.35. The van der Waals surface area contributed by atoms with E-state index in [-0.39, 0.29) is 10.8 Å². The summed E-state index contributed by atoms with van der Waals surface area (Å²) in [5, 5.41) is 3.35. The van der Waals surface area contributed by atoms with E-state index in [1.54, 1.807) is 12.1 Å². The highest BCUT2D eigenvalue weighted by Gasteiger charge is 2.23. The van der Waals surface area contributed by atoms with Crippen LogP contribution in [-0.2, 0) is 20.4 Å². The lowest BCUT2D eigenvalue weighted by Gasteiger charge is -2.25. The molecule has 0 saturated carbocycles. The molecule has 0 unspecified atom stereocenters. The smallest absolute Gasteiger partial charge is 0.338 e. The van der Waals surface area contributed by atoms with Gasteiger partial charge in [-0.25, -0.2) is 4.79 Å². The fraction of sp³-hybridized carbons (Fsp3) is 0.391. The zero-order valence-corrected chi connectivity index (χ0v) is 19.2. The normalized spacial score (nSPS) is 11.9. The van der Waals surface area contributed by atoms with Crippen molar-refractivity contribution < 1.29 is 14.3 Å². The number of hydrogen-bond acceptors (Lipinski definition) is 3. The zero-order valence-electron chi connectivity index (χ0n) is 17.7. The van der Waals surface area contributed by atoms with E-state index < -0.39 is 18.5 Å². The SMILES string of the molecule is CC(C)(C)c1cc(C(=O)OCC(=O)Nc2ccc(Cl)c(Cl)c2)cc(C(C)(C)C)c1. The maximum atomic E-state index is 12.6. The van der Waals surface area contributed by atoms with Gasteiger partial charge in [0.25, 0.3) is 5.91 Å². The lowest BCUT2D eigenvalue weighted by Crippen LogP contribution is -2.22. The first-order valence-corrected chi connectivity index (χ1v) is 10.1. The van der Waals surface area contributed by atoms with Crippen molar-refractivity contribution in [2.75, 3.05) is 11.9 Å². The Kier molecular flexibility index (Phi) is 7.02. The number of nitrogens with one attached hydrogen (secondary N) is 1. The predicted octanol–water partition coefficient (Wildman–Crippen LogP) is 6.38. The minimum absolute atomic E-state index is 0.123. The first-order chi connectivity index (χ1) is 13.3. The van der Waals surface area contributed by atoms with Crippen LogP contribution in [-0.4, -0.2) is 18.5 Å². The maximum Gasteiger partial charge on any atom is 0.338 e. The lowest BCUT2D eigenvalue weighted by atomic mass is 9.79. The molecule has 0 aromatic heterocycles. The number of carbonyl (C=O) groups excluding carboxylic acids is 2. The van der Waals surface area contributed by atoms with Gasteiger partial charge in [0, 0.05) is 5.69 Å². The Balaban J connectivity index is 2.13. The summed E-state index contributed by atoms with van der Waals surface area (Å²) < 4.78 is 5.24. The van der Waals surface area contributed by atoms with Crippen molar-refractivity contribution in [2.24, 2.45) is 0 Å². The van der Waals surface area contributed by atoms with Gasteiger partial charge in [-0.2, -0.15) is 0 Å². The summed E-state index contributed by atoms with van der Waals surface area (Å²) >= 11 is 11.8. The molecule has 4 nitrogen and oxygen atoms in total. The largest absolute Gasteiger partial charge is 0.452 e. The highest BCUT2D eigenvalue weighted by Crippen LogP contribution is 2.30. The molecule has 0 saturated heterocycles. The van der Waals surface area contributed by atoms with Crippen LogP contribution in [0, 0.1) is 0 Å². The topological polar surface area (TPSA) is 55.4 Å². The van der Waals surface area contributed by atoms with E-state index >= 15 is 0 Å². The van der Waals surface area contributed by atoms with E-state index in [4.69, 9.17) is 27.9 Å². The third kappa shape index (κ3) is 6.48. The average molecular weight is 436 g/mol. The van der Waals surface area contributed by atoms with Crippen molar-refractivity contribution in [3.05, 3.63) is 63.1 Å². The monoisotopic (exact) mass is 435 g/mol. The number of halogens is 2. The van der Waals surface area contributed by atoms with Gasteiger partial charge in [0.05, 0.1) is 15.6 Å². The minimum atomic E-state index is -0.536. The van der Waals surface area contributed by atoms with E-state index in [0.29, 0.717) is 21.3 Å². The number of hydrogen-bond donors (Lipinski definition) is 1. The molecule has 1 amide bonds. The van der Waals surface area contributed by atoms with E-state index in [9.17, 15) is 9.59 Å². The molecule has 156 valence electrons. The van der Waals surface area contributed by atoms with Gasteiger partial charge in [-0.15, -0.1) is 0 Å². The summed E-state index contributed by atoms with van der Waals surface area (Å²) in [6.45, 7) is 12.2. The van der Waals surface area contributed by atoms with E-state index in [0.717, 1.165) is 11.1 Å². The molecule has 6 heteroatoms. The number of benzene rings is 2. The number of amides is 1. The maximum absolute atomic E-state index is 12.6. The quantitative estimate of drug-likeness (QED) is 0.566. The summed E-state index contributed by atoms with van der Waals surface area (Å²) in [6.07, 6.45) is 0. The first kappa shape index (κ1) is 23.2. The van der Waals surface area contributed by atoms with Gasteiger partial charge in [-0.05, 0) is 52.3 Å². The van der Waals surface area contributed by atoms with Crippen LogP contribution in [0.4, 0.5) is 5.69 Å². The Morgan fingerprint density at radius 1 is 0.862 bits per heavy atom. The van der Waals surface area contributed by atoms with Gasteiger partial charge < -0.3 is 10.1 Å². The molecule has 0 heterocycles. The van der Waals surface area contributed by atoms with Gasteiger partial charge in [-0.1, -0.05) is 70.8 Å². The lowest BCUT2D eigenvalue weighted by molar-refractivity contribution is -0.119. The second kappa shape index (κ2) is 8.76. The van der Waals surface area contributed by atoms with Gasteiger partial charge in [-0.3, -0.25) is 4.79 Å². The summed E-state index contributed by atoms with van der Waals surface area (Å²) in [4.78, 5) is 24.8. The molecule has 29 heavy (non-hydrogen) atoms. The zero-order chi connectivity index (χ0) is 22.0. The number of ether oxygens (including phenoxy) is 1. The molecule has 0 aliphatic heterocycles. The van der Waals surface area contributed by atoms with Crippen LogP contribution in [0.5, 0.6) is 0 Å². The van der Waals surface area contributed by atoms with Crippen LogP contribution in [0.1, 0.15) is 63.0 Å². The van der Waals surface area contributed by atoms with Crippen LogP contribution in [0.25, 0.3) is 0 Å². The van der Waals surface area contributed by atoms with Crippen LogP contribution in [0.15, 0.2) is 36.4 Å². The molecule has 0 spiro atoms. The Bertz CT molecular complexity index is 892. The molecule has 2 aromatic rings. The van der Waals surface area contributed by atoms with Crippen LogP contribution in [0.3, 0.4) is 0 Å².